The summed E-state index contributed by atoms with van der Waals surface area (Å²) in [5.74, 6) is -0.00717. The van der Waals surface area contributed by atoms with E-state index in [1.807, 2.05) is 12.1 Å². The summed E-state index contributed by atoms with van der Waals surface area (Å²) in [5.41, 5.74) is 3.73. The Hall–Kier alpha value is -2.60. The number of primary sulfonamides is 1. The summed E-state index contributed by atoms with van der Waals surface area (Å²) in [6.07, 6.45) is 3.48. The minimum atomic E-state index is -3.64. The molecule has 2 aliphatic carbocycles. The molecule has 1 saturated carbocycles. The van der Waals surface area contributed by atoms with Crippen LogP contribution in [0.4, 0.5) is 5.82 Å². The van der Waals surface area contributed by atoms with Crippen molar-refractivity contribution in [2.24, 2.45) is 11.1 Å². The maximum Gasteiger partial charge on any atom is 0.209 e. The van der Waals surface area contributed by atoms with E-state index in [0.29, 0.717) is 23.4 Å². The molecule has 3 aromatic rings. The molecule has 2 unspecified atom stereocenters. The maximum absolute atomic E-state index is 11.3. The third-order valence-corrected chi connectivity index (χ3v) is 7.51. The highest BCUT2D eigenvalue weighted by molar-refractivity contribution is 7.89. The van der Waals surface area contributed by atoms with Crippen LogP contribution in [0.15, 0.2) is 36.9 Å². The zero-order chi connectivity index (χ0) is 22.5. The van der Waals surface area contributed by atoms with Crippen LogP contribution in [0.3, 0.4) is 0 Å². The predicted molar refractivity (Wildman–Crippen MR) is 118 cm³/mol. The van der Waals surface area contributed by atoms with Gasteiger partial charge >= 0.3 is 0 Å². The van der Waals surface area contributed by atoms with Gasteiger partial charge in [-0.1, -0.05) is 24.3 Å². The Morgan fingerprint density at radius 3 is 2.78 bits per heavy atom. The summed E-state index contributed by atoms with van der Waals surface area (Å²) in [7, 11) is -3.64. The van der Waals surface area contributed by atoms with Crippen molar-refractivity contribution >= 4 is 27.0 Å². The van der Waals surface area contributed by atoms with Crippen LogP contribution in [0.1, 0.15) is 42.5 Å². The number of nitrogens with zero attached hydrogens (tertiary/aromatic N) is 4. The van der Waals surface area contributed by atoms with E-state index in [9.17, 15) is 18.6 Å². The Morgan fingerprint density at radius 1 is 1.16 bits per heavy atom. The summed E-state index contributed by atoms with van der Waals surface area (Å²) >= 11 is 0. The smallest absolute Gasteiger partial charge is 0.209 e. The first-order valence-corrected chi connectivity index (χ1v) is 12.4. The van der Waals surface area contributed by atoms with E-state index in [1.165, 1.54) is 17.5 Å². The molecule has 0 radical (unpaired) electrons. The lowest BCUT2D eigenvalue weighted by Crippen LogP contribution is -2.30. The number of benzene rings is 1. The first-order chi connectivity index (χ1) is 15.3. The lowest BCUT2D eigenvalue weighted by Gasteiger charge is -2.18. The fourth-order valence-electron chi connectivity index (χ4n) is 5.05. The number of hydrogen-bond donors (Lipinski definition) is 4. The highest BCUT2D eigenvalue weighted by Gasteiger charge is 2.43. The van der Waals surface area contributed by atoms with Crippen molar-refractivity contribution < 1.29 is 18.6 Å². The number of sulfonamides is 1. The van der Waals surface area contributed by atoms with Crippen molar-refractivity contribution in [2.45, 2.75) is 50.0 Å². The highest BCUT2D eigenvalue weighted by atomic mass is 32.2. The van der Waals surface area contributed by atoms with Gasteiger partial charge in [0.15, 0.2) is 11.5 Å². The van der Waals surface area contributed by atoms with E-state index in [2.05, 4.69) is 32.4 Å². The molecule has 0 saturated heterocycles. The molecule has 5 rings (SSSR count). The van der Waals surface area contributed by atoms with Crippen LogP contribution in [-0.4, -0.2) is 56.1 Å². The van der Waals surface area contributed by atoms with E-state index in [4.69, 9.17) is 5.14 Å². The fraction of sp³-hybridized carbons (Fsp3) is 0.476. The zero-order valence-electron chi connectivity index (χ0n) is 17.4. The average Bonchev–Trinajstić information content (AvgIpc) is 3.44. The first-order valence-electron chi connectivity index (χ1n) is 10.7. The number of nitrogens with one attached hydrogen (secondary N) is 1. The lowest BCUT2D eigenvalue weighted by atomic mass is 10.0. The molecule has 170 valence electrons. The van der Waals surface area contributed by atoms with Crippen LogP contribution in [0.5, 0.6) is 0 Å². The SMILES string of the molecule is NS(=O)(=O)CC[C@H]1CC(n2cnc3c(NC4CCc5ccccc54)ncnc32)[C@H](O)[C@@H]1O. The Kier molecular flexibility index (Phi) is 5.36. The number of anilines is 1. The Bertz CT molecular complexity index is 1250. The number of aryl methyl sites for hydroxylation is 1. The minimum Gasteiger partial charge on any atom is -0.390 e. The van der Waals surface area contributed by atoms with Crippen molar-refractivity contribution in [3.63, 3.8) is 0 Å². The van der Waals surface area contributed by atoms with Crippen molar-refractivity contribution in [3.8, 4) is 0 Å². The van der Waals surface area contributed by atoms with Gasteiger partial charge in [0.1, 0.15) is 17.9 Å². The number of aromatic nitrogens is 4. The topological polar surface area (TPSA) is 156 Å². The molecule has 32 heavy (non-hydrogen) atoms. The molecule has 0 spiro atoms. The van der Waals surface area contributed by atoms with E-state index in [-0.39, 0.29) is 24.1 Å². The van der Waals surface area contributed by atoms with Gasteiger partial charge in [0.2, 0.25) is 10.0 Å². The van der Waals surface area contributed by atoms with E-state index in [1.54, 1.807) is 10.9 Å². The quantitative estimate of drug-likeness (QED) is 0.424. The molecule has 1 aromatic carbocycles. The molecule has 0 amide bonds. The Balaban J connectivity index is 1.40. The van der Waals surface area contributed by atoms with Crippen LogP contribution in [0.25, 0.3) is 11.2 Å². The Labute approximate surface area is 185 Å². The van der Waals surface area contributed by atoms with Gasteiger partial charge in [-0.25, -0.2) is 28.5 Å². The van der Waals surface area contributed by atoms with Crippen molar-refractivity contribution in [1.82, 2.24) is 19.5 Å². The monoisotopic (exact) mass is 458 g/mol. The molecule has 0 bridgehead atoms. The third-order valence-electron chi connectivity index (χ3n) is 6.70. The fourth-order valence-corrected chi connectivity index (χ4v) is 5.68. The Morgan fingerprint density at radius 2 is 1.97 bits per heavy atom. The molecule has 2 aromatic heterocycles. The normalized spacial score (nSPS) is 27.7. The van der Waals surface area contributed by atoms with Crippen LogP contribution in [0.2, 0.25) is 0 Å². The molecule has 2 aliphatic rings. The highest BCUT2D eigenvalue weighted by Crippen LogP contribution is 2.39. The van der Waals surface area contributed by atoms with Gasteiger partial charge in [0, 0.05) is 0 Å². The third kappa shape index (κ3) is 3.85. The van der Waals surface area contributed by atoms with E-state index in [0.717, 1.165) is 12.8 Å². The van der Waals surface area contributed by atoms with Gasteiger partial charge in [-0.2, -0.15) is 0 Å². The molecular formula is C21H26N6O4S. The number of nitrogens with two attached hydrogens (primary N) is 1. The molecule has 0 aliphatic heterocycles. The number of rotatable bonds is 6. The van der Waals surface area contributed by atoms with E-state index >= 15 is 0 Å². The average molecular weight is 459 g/mol. The van der Waals surface area contributed by atoms with Gasteiger partial charge in [0.05, 0.1) is 30.3 Å². The molecule has 1 fully saturated rings. The van der Waals surface area contributed by atoms with Crippen molar-refractivity contribution in [2.75, 3.05) is 11.1 Å². The summed E-state index contributed by atoms with van der Waals surface area (Å²) in [5, 5.41) is 29.7. The van der Waals surface area contributed by atoms with Crippen LogP contribution in [-0.2, 0) is 16.4 Å². The molecule has 2 heterocycles. The summed E-state index contributed by atoms with van der Waals surface area (Å²) in [6.45, 7) is 0. The largest absolute Gasteiger partial charge is 0.390 e. The second kappa shape index (κ2) is 8.07. The molecular weight excluding hydrogens is 432 g/mol. The second-order valence-corrected chi connectivity index (χ2v) is 10.4. The van der Waals surface area contributed by atoms with Gasteiger partial charge < -0.3 is 20.1 Å². The molecule has 5 N–H and O–H groups in total. The number of aliphatic hydroxyl groups excluding tert-OH is 2. The zero-order valence-corrected chi connectivity index (χ0v) is 18.2. The lowest BCUT2D eigenvalue weighted by molar-refractivity contribution is 0.00624. The van der Waals surface area contributed by atoms with Gasteiger partial charge in [0.25, 0.3) is 0 Å². The first kappa shape index (κ1) is 21.3. The van der Waals surface area contributed by atoms with Gasteiger partial charge in [-0.15, -0.1) is 0 Å². The van der Waals surface area contributed by atoms with E-state index < -0.39 is 28.3 Å². The van der Waals surface area contributed by atoms with Crippen LogP contribution in [0, 0.1) is 5.92 Å². The predicted octanol–water partition coefficient (Wildman–Crippen LogP) is 0.887. The second-order valence-electron chi connectivity index (χ2n) is 8.68. The number of hydrogen-bond acceptors (Lipinski definition) is 8. The summed E-state index contributed by atoms with van der Waals surface area (Å²) in [4.78, 5) is 13.3. The number of imidazole rings is 1. The number of fused-ring (bicyclic) bond motifs is 2. The molecule has 11 heteroatoms. The van der Waals surface area contributed by atoms with Crippen LogP contribution >= 0.6 is 0 Å². The summed E-state index contributed by atoms with van der Waals surface area (Å²) in [6, 6.07) is 7.99. The van der Waals surface area contributed by atoms with Crippen molar-refractivity contribution in [1.29, 1.82) is 0 Å². The van der Waals surface area contributed by atoms with Crippen molar-refractivity contribution in [3.05, 3.63) is 48.0 Å². The summed E-state index contributed by atoms with van der Waals surface area (Å²) < 4.78 is 24.4. The maximum atomic E-state index is 11.3. The minimum absolute atomic E-state index is 0.135. The van der Waals surface area contributed by atoms with Gasteiger partial charge in [-0.05, 0) is 42.7 Å². The standard InChI is InChI=1S/C21H26N6O4S/c22-32(30,31)8-7-13-9-16(19(29)18(13)28)27-11-25-17-20(23-10-24-21(17)27)26-15-6-5-12-3-1-2-4-14(12)15/h1-4,10-11,13,15-16,18-19,28-29H,5-9H2,(H2,22,30,31)(H,23,24,26)/t13-,15?,16?,18+,19-/m0/s1. The van der Waals surface area contributed by atoms with Gasteiger partial charge in [-0.3, -0.25) is 0 Å². The molecule has 5 atom stereocenters. The molecule has 10 nitrogen and oxygen atoms in total. The van der Waals surface area contributed by atoms with Crippen LogP contribution < -0.4 is 10.5 Å². The number of aliphatic hydroxyl groups is 2.